The number of hydrogen-bond acceptors (Lipinski definition) is 2. The van der Waals surface area contributed by atoms with Gasteiger partial charge in [0.25, 0.3) is 0 Å². The summed E-state index contributed by atoms with van der Waals surface area (Å²) in [5, 5.41) is 1.19. The second kappa shape index (κ2) is 5.29. The number of ether oxygens (including phenoxy) is 1. The summed E-state index contributed by atoms with van der Waals surface area (Å²) in [6, 6.07) is 8.13. The maximum atomic E-state index is 12.6. The van der Waals surface area contributed by atoms with Gasteiger partial charge in [0.15, 0.2) is 0 Å². The van der Waals surface area contributed by atoms with Crippen LogP contribution < -0.4 is 0 Å². The van der Waals surface area contributed by atoms with E-state index in [-0.39, 0.29) is 11.9 Å². The van der Waals surface area contributed by atoms with E-state index in [1.54, 1.807) is 0 Å². The Hall–Kier alpha value is -1.81. The number of carbonyl (C=O) groups excluding carboxylic acids is 1. The maximum Gasteiger partial charge on any atom is 0.245 e. The van der Waals surface area contributed by atoms with Crippen molar-refractivity contribution in [2.24, 2.45) is 0 Å². The first-order valence-corrected chi connectivity index (χ1v) is 7.11. The molecule has 4 heteroatoms. The fourth-order valence-corrected chi connectivity index (χ4v) is 2.89. The van der Waals surface area contributed by atoms with Gasteiger partial charge in [-0.1, -0.05) is 18.2 Å². The Kier molecular flexibility index (Phi) is 3.49. The molecule has 0 radical (unpaired) electrons. The van der Waals surface area contributed by atoms with Crippen molar-refractivity contribution >= 4 is 16.8 Å². The zero-order valence-electron chi connectivity index (χ0n) is 12.0. The number of nitrogens with zero attached hydrogens (tertiary/aromatic N) is 2. The van der Waals surface area contributed by atoms with Crippen LogP contribution in [0.4, 0.5) is 0 Å². The smallest absolute Gasteiger partial charge is 0.245 e. The van der Waals surface area contributed by atoms with Gasteiger partial charge in [0, 0.05) is 19.3 Å². The molecule has 106 valence electrons. The fourth-order valence-electron chi connectivity index (χ4n) is 2.89. The summed E-state index contributed by atoms with van der Waals surface area (Å²) in [6.45, 7) is 6.74. The molecule has 1 aliphatic heterocycles. The van der Waals surface area contributed by atoms with Crippen LogP contribution in [0.3, 0.4) is 0 Å². The highest BCUT2D eigenvalue weighted by Crippen LogP contribution is 2.24. The van der Waals surface area contributed by atoms with Gasteiger partial charge in [0.1, 0.15) is 6.04 Å². The summed E-state index contributed by atoms with van der Waals surface area (Å²) in [5.74, 6) is 0.175. The molecule has 2 heterocycles. The van der Waals surface area contributed by atoms with Crippen LogP contribution in [0.25, 0.3) is 10.9 Å². The molecule has 0 spiro atoms. The van der Waals surface area contributed by atoms with Gasteiger partial charge in [-0.15, -0.1) is 0 Å². The van der Waals surface area contributed by atoms with E-state index in [1.807, 2.05) is 18.0 Å². The third-order valence-corrected chi connectivity index (χ3v) is 4.04. The van der Waals surface area contributed by atoms with E-state index >= 15 is 0 Å². The lowest BCUT2D eigenvalue weighted by Crippen LogP contribution is -2.43. The van der Waals surface area contributed by atoms with Crippen LogP contribution >= 0.6 is 0 Å². The van der Waals surface area contributed by atoms with Gasteiger partial charge in [-0.05, 0) is 30.9 Å². The monoisotopic (exact) mass is 272 g/mol. The zero-order valence-corrected chi connectivity index (χ0v) is 12.0. The minimum Gasteiger partial charge on any atom is -0.378 e. The topological polar surface area (TPSA) is 34.5 Å². The predicted octanol–water partition coefficient (Wildman–Crippen LogP) is 2.37. The molecule has 1 saturated heterocycles. The van der Waals surface area contributed by atoms with Crippen molar-refractivity contribution < 1.29 is 9.53 Å². The lowest BCUT2D eigenvalue weighted by atomic mass is 10.1. The number of amides is 1. The molecule has 1 atom stereocenters. The Morgan fingerprint density at radius 3 is 2.75 bits per heavy atom. The van der Waals surface area contributed by atoms with E-state index in [2.05, 4.69) is 35.8 Å². The van der Waals surface area contributed by atoms with E-state index in [9.17, 15) is 4.79 Å². The van der Waals surface area contributed by atoms with Gasteiger partial charge in [-0.3, -0.25) is 4.79 Å². The highest BCUT2D eigenvalue weighted by atomic mass is 16.5. The molecule has 1 unspecified atom stereocenters. The van der Waals surface area contributed by atoms with Gasteiger partial charge in [-0.25, -0.2) is 0 Å². The van der Waals surface area contributed by atoms with Crippen molar-refractivity contribution in [2.75, 3.05) is 26.3 Å². The summed E-state index contributed by atoms with van der Waals surface area (Å²) in [4.78, 5) is 14.5. The third-order valence-electron chi connectivity index (χ3n) is 4.04. The summed E-state index contributed by atoms with van der Waals surface area (Å²) in [7, 11) is 0. The molecule has 0 saturated carbocycles. The van der Waals surface area contributed by atoms with Crippen molar-refractivity contribution in [3.63, 3.8) is 0 Å². The second-order valence-electron chi connectivity index (χ2n) is 5.35. The molecule has 0 aliphatic carbocycles. The summed E-state index contributed by atoms with van der Waals surface area (Å²) in [6.07, 6.45) is 2.01. The Morgan fingerprint density at radius 2 is 2.00 bits per heavy atom. The fraction of sp³-hybridized carbons (Fsp3) is 0.438. The Morgan fingerprint density at radius 1 is 1.25 bits per heavy atom. The van der Waals surface area contributed by atoms with E-state index in [1.165, 1.54) is 10.9 Å². The summed E-state index contributed by atoms with van der Waals surface area (Å²) in [5.41, 5.74) is 2.36. The second-order valence-corrected chi connectivity index (χ2v) is 5.35. The number of benzene rings is 1. The molecule has 0 N–H and O–H groups in total. The Labute approximate surface area is 118 Å². The van der Waals surface area contributed by atoms with Crippen LogP contribution in [-0.4, -0.2) is 41.7 Å². The van der Waals surface area contributed by atoms with Crippen LogP contribution in [0.1, 0.15) is 18.5 Å². The standard InChI is InChI=1S/C16H20N2O2/c1-12-4-3-5-14-6-7-18(15(12)14)13(2)16(19)17-8-10-20-11-9-17/h3-7,13H,8-11H2,1-2H3. The normalized spacial score (nSPS) is 17.4. The number of hydrogen-bond donors (Lipinski definition) is 0. The molecular weight excluding hydrogens is 252 g/mol. The SMILES string of the molecule is Cc1cccc2ccn(C(C)C(=O)N3CCOCC3)c12. The van der Waals surface area contributed by atoms with E-state index in [0.29, 0.717) is 26.3 Å². The van der Waals surface area contributed by atoms with Gasteiger partial charge in [-0.2, -0.15) is 0 Å². The number of para-hydroxylation sites is 1. The van der Waals surface area contributed by atoms with Gasteiger partial charge < -0.3 is 14.2 Å². The van der Waals surface area contributed by atoms with E-state index in [0.717, 1.165) is 5.52 Å². The van der Waals surface area contributed by atoms with Gasteiger partial charge in [0.2, 0.25) is 5.91 Å². The molecule has 1 amide bonds. The number of fused-ring (bicyclic) bond motifs is 1. The van der Waals surface area contributed by atoms with Crippen LogP contribution in [0, 0.1) is 6.92 Å². The van der Waals surface area contributed by atoms with Gasteiger partial charge in [0.05, 0.1) is 18.7 Å². The minimum atomic E-state index is -0.174. The molecule has 1 aromatic heterocycles. The van der Waals surface area contributed by atoms with Crippen LogP contribution in [0.15, 0.2) is 30.5 Å². The quantitative estimate of drug-likeness (QED) is 0.841. The average molecular weight is 272 g/mol. The summed E-state index contributed by atoms with van der Waals surface area (Å²) >= 11 is 0. The van der Waals surface area contributed by atoms with Gasteiger partial charge >= 0.3 is 0 Å². The van der Waals surface area contributed by atoms with E-state index in [4.69, 9.17) is 4.74 Å². The summed E-state index contributed by atoms with van der Waals surface area (Å²) < 4.78 is 7.39. The average Bonchev–Trinajstić information content (AvgIpc) is 2.92. The minimum absolute atomic E-state index is 0.174. The number of aromatic nitrogens is 1. The Balaban J connectivity index is 1.92. The lowest BCUT2D eigenvalue weighted by molar-refractivity contribution is -0.138. The largest absolute Gasteiger partial charge is 0.378 e. The number of rotatable bonds is 2. The molecule has 1 aromatic carbocycles. The number of aryl methyl sites for hydroxylation is 1. The first-order valence-electron chi connectivity index (χ1n) is 7.11. The molecule has 20 heavy (non-hydrogen) atoms. The molecule has 1 fully saturated rings. The first kappa shape index (κ1) is 13.2. The molecule has 2 aromatic rings. The predicted molar refractivity (Wildman–Crippen MR) is 78.8 cm³/mol. The van der Waals surface area contributed by atoms with E-state index < -0.39 is 0 Å². The lowest BCUT2D eigenvalue weighted by Gasteiger charge is -2.30. The van der Waals surface area contributed by atoms with Crippen molar-refractivity contribution in [1.29, 1.82) is 0 Å². The molecule has 1 aliphatic rings. The molecular formula is C16H20N2O2. The Bertz CT molecular complexity index is 626. The third kappa shape index (κ3) is 2.20. The van der Waals surface area contributed by atoms with Crippen molar-refractivity contribution in [2.45, 2.75) is 19.9 Å². The van der Waals surface area contributed by atoms with Crippen molar-refractivity contribution in [3.8, 4) is 0 Å². The highest BCUT2D eigenvalue weighted by Gasteiger charge is 2.24. The number of morpholine rings is 1. The van der Waals surface area contributed by atoms with Crippen LogP contribution in [0.5, 0.6) is 0 Å². The van der Waals surface area contributed by atoms with Crippen molar-refractivity contribution in [1.82, 2.24) is 9.47 Å². The first-order chi connectivity index (χ1) is 9.68. The van der Waals surface area contributed by atoms with Crippen LogP contribution in [0.2, 0.25) is 0 Å². The number of carbonyl (C=O) groups is 1. The molecule has 3 rings (SSSR count). The maximum absolute atomic E-state index is 12.6. The molecule has 4 nitrogen and oxygen atoms in total. The molecule has 0 bridgehead atoms. The highest BCUT2D eigenvalue weighted by molar-refractivity contribution is 5.87. The van der Waals surface area contributed by atoms with Crippen LogP contribution in [-0.2, 0) is 9.53 Å². The van der Waals surface area contributed by atoms with Crippen molar-refractivity contribution in [3.05, 3.63) is 36.0 Å². The zero-order chi connectivity index (χ0) is 14.1.